The van der Waals surface area contributed by atoms with Gasteiger partial charge in [0.1, 0.15) is 0 Å². The highest BCUT2D eigenvalue weighted by atomic mass is 32.2. The second-order valence-electron chi connectivity index (χ2n) is 7.57. The summed E-state index contributed by atoms with van der Waals surface area (Å²) in [6.07, 6.45) is 2.09. The van der Waals surface area contributed by atoms with Gasteiger partial charge in [0.2, 0.25) is 21.1 Å². The summed E-state index contributed by atoms with van der Waals surface area (Å²) in [4.78, 5) is 12.8. The quantitative estimate of drug-likeness (QED) is 0.548. The number of morpholine rings is 1. The highest BCUT2D eigenvalue weighted by Crippen LogP contribution is 2.24. The fourth-order valence-electron chi connectivity index (χ4n) is 3.48. The third-order valence-electron chi connectivity index (χ3n) is 5.28. The standard InChI is InChI=1S/C19H26N6O5S2/c1-14(31-19-21-22-23-25(19)13-16-3-2-10-30-16)18(26)20-15-4-6-17(7-5-15)32(27,28)24-8-11-29-12-9-24/h4-7,14,16H,2-3,8-13H2,1H3,(H,20,26)/t14-,16-/m1/s1. The molecule has 4 rings (SSSR count). The van der Waals surface area contributed by atoms with Gasteiger partial charge in [-0.3, -0.25) is 4.79 Å². The minimum absolute atomic E-state index is 0.0919. The van der Waals surface area contributed by atoms with Gasteiger partial charge in [0, 0.05) is 25.4 Å². The highest BCUT2D eigenvalue weighted by molar-refractivity contribution is 8.00. The summed E-state index contributed by atoms with van der Waals surface area (Å²) in [6, 6.07) is 6.18. The van der Waals surface area contributed by atoms with Crippen LogP contribution < -0.4 is 5.32 Å². The van der Waals surface area contributed by atoms with Gasteiger partial charge in [0.25, 0.3) is 0 Å². The van der Waals surface area contributed by atoms with Crippen LogP contribution >= 0.6 is 11.8 Å². The van der Waals surface area contributed by atoms with Crippen LogP contribution in [0.15, 0.2) is 34.3 Å². The lowest BCUT2D eigenvalue weighted by Crippen LogP contribution is -2.40. The van der Waals surface area contributed by atoms with Crippen LogP contribution in [0.25, 0.3) is 0 Å². The van der Waals surface area contributed by atoms with Crippen LogP contribution in [0.2, 0.25) is 0 Å². The average Bonchev–Trinajstić information content (AvgIpc) is 3.47. The summed E-state index contributed by atoms with van der Waals surface area (Å²) in [5, 5.41) is 14.6. The van der Waals surface area contributed by atoms with Crippen molar-refractivity contribution >= 4 is 33.4 Å². The Kier molecular flexibility index (Phi) is 7.40. The van der Waals surface area contributed by atoms with Crippen LogP contribution in [0.1, 0.15) is 19.8 Å². The molecular weight excluding hydrogens is 456 g/mol. The van der Waals surface area contributed by atoms with Gasteiger partial charge in [-0.15, -0.1) is 5.10 Å². The molecule has 174 valence electrons. The van der Waals surface area contributed by atoms with Crippen molar-refractivity contribution in [2.75, 3.05) is 38.2 Å². The van der Waals surface area contributed by atoms with Gasteiger partial charge < -0.3 is 14.8 Å². The Labute approximate surface area is 190 Å². The third-order valence-corrected chi connectivity index (χ3v) is 8.26. The van der Waals surface area contributed by atoms with Gasteiger partial charge in [-0.05, 0) is 54.5 Å². The minimum atomic E-state index is -3.57. The molecule has 0 bridgehead atoms. The highest BCUT2D eigenvalue weighted by Gasteiger charge is 2.26. The molecule has 1 N–H and O–H groups in total. The largest absolute Gasteiger partial charge is 0.379 e. The molecule has 0 aliphatic carbocycles. The number of amides is 1. The van der Waals surface area contributed by atoms with Crippen molar-refractivity contribution in [3.63, 3.8) is 0 Å². The van der Waals surface area contributed by atoms with Crippen molar-refractivity contribution in [3.8, 4) is 0 Å². The maximum absolute atomic E-state index is 12.7. The van der Waals surface area contributed by atoms with E-state index in [2.05, 4.69) is 20.8 Å². The van der Waals surface area contributed by atoms with Crippen LogP contribution in [0.4, 0.5) is 5.69 Å². The van der Waals surface area contributed by atoms with Crippen LogP contribution in [-0.2, 0) is 30.8 Å². The van der Waals surface area contributed by atoms with Crippen LogP contribution in [-0.4, -0.2) is 83.1 Å². The third kappa shape index (κ3) is 5.46. The van der Waals surface area contributed by atoms with Gasteiger partial charge in [-0.25, -0.2) is 13.1 Å². The summed E-state index contributed by atoms with van der Waals surface area (Å²) in [6.45, 7) is 4.52. The van der Waals surface area contributed by atoms with Gasteiger partial charge in [-0.2, -0.15) is 4.31 Å². The van der Waals surface area contributed by atoms with E-state index in [4.69, 9.17) is 9.47 Å². The number of aromatic nitrogens is 4. The van der Waals surface area contributed by atoms with E-state index in [-0.39, 0.29) is 16.9 Å². The number of rotatable bonds is 8. The molecule has 0 radical (unpaired) electrons. The zero-order valence-corrected chi connectivity index (χ0v) is 19.3. The SMILES string of the molecule is C[C@@H](Sc1nnnn1C[C@H]1CCCO1)C(=O)Nc1ccc(S(=O)(=O)N2CCOCC2)cc1. The van der Waals surface area contributed by atoms with Crippen molar-refractivity contribution in [1.82, 2.24) is 24.5 Å². The molecule has 2 atom stereocenters. The van der Waals surface area contributed by atoms with Crippen LogP contribution in [0.5, 0.6) is 0 Å². The molecule has 1 aromatic carbocycles. The molecule has 0 spiro atoms. The summed E-state index contributed by atoms with van der Waals surface area (Å²) < 4.78 is 39.3. The smallest absolute Gasteiger partial charge is 0.243 e. The summed E-state index contributed by atoms with van der Waals surface area (Å²) in [5.41, 5.74) is 0.516. The molecule has 1 aromatic heterocycles. The lowest BCUT2D eigenvalue weighted by molar-refractivity contribution is -0.115. The van der Waals surface area contributed by atoms with E-state index in [1.54, 1.807) is 23.7 Å². The molecule has 0 saturated carbocycles. The first-order valence-electron chi connectivity index (χ1n) is 10.5. The number of benzene rings is 1. The first-order valence-corrected chi connectivity index (χ1v) is 12.8. The molecule has 32 heavy (non-hydrogen) atoms. The molecule has 2 saturated heterocycles. The van der Waals surface area contributed by atoms with Crippen molar-refractivity contribution < 1.29 is 22.7 Å². The van der Waals surface area contributed by atoms with E-state index in [9.17, 15) is 13.2 Å². The van der Waals surface area contributed by atoms with E-state index in [1.165, 1.54) is 28.2 Å². The zero-order chi connectivity index (χ0) is 22.6. The monoisotopic (exact) mass is 482 g/mol. The van der Waals surface area contributed by atoms with E-state index in [0.29, 0.717) is 43.7 Å². The van der Waals surface area contributed by atoms with Gasteiger partial charge in [0.05, 0.1) is 36.0 Å². The van der Waals surface area contributed by atoms with Crippen molar-refractivity contribution in [2.45, 2.75) is 47.7 Å². The Morgan fingerprint density at radius 1 is 1.25 bits per heavy atom. The van der Waals surface area contributed by atoms with E-state index < -0.39 is 15.3 Å². The molecule has 0 unspecified atom stereocenters. The average molecular weight is 483 g/mol. The summed E-state index contributed by atoms with van der Waals surface area (Å²) >= 11 is 1.26. The molecular formula is C19H26N6O5S2. The Balaban J connectivity index is 1.34. The fourth-order valence-corrected chi connectivity index (χ4v) is 5.68. The Hall–Kier alpha value is -2.06. The zero-order valence-electron chi connectivity index (χ0n) is 17.7. The predicted molar refractivity (Wildman–Crippen MR) is 117 cm³/mol. The lowest BCUT2D eigenvalue weighted by Gasteiger charge is -2.26. The number of hydrogen-bond acceptors (Lipinski definition) is 9. The maximum Gasteiger partial charge on any atom is 0.243 e. The number of anilines is 1. The predicted octanol–water partition coefficient (Wildman–Crippen LogP) is 0.992. The number of carbonyl (C=O) groups excluding carboxylic acids is 1. The van der Waals surface area contributed by atoms with Crippen molar-refractivity contribution in [1.29, 1.82) is 0 Å². The molecule has 2 fully saturated rings. The first-order chi connectivity index (χ1) is 15.4. The number of nitrogens with zero attached hydrogens (tertiary/aromatic N) is 5. The molecule has 2 aliphatic heterocycles. The normalized spacial score (nSPS) is 20.8. The fraction of sp³-hybridized carbons (Fsp3) is 0.579. The van der Waals surface area contributed by atoms with Gasteiger partial charge >= 0.3 is 0 Å². The van der Waals surface area contributed by atoms with Crippen LogP contribution in [0.3, 0.4) is 0 Å². The number of tetrazole rings is 1. The van der Waals surface area contributed by atoms with Gasteiger partial charge in [-0.1, -0.05) is 11.8 Å². The lowest BCUT2D eigenvalue weighted by atomic mass is 10.2. The molecule has 2 aliphatic rings. The van der Waals surface area contributed by atoms with Crippen molar-refractivity contribution in [3.05, 3.63) is 24.3 Å². The Morgan fingerprint density at radius 2 is 2.00 bits per heavy atom. The minimum Gasteiger partial charge on any atom is -0.379 e. The number of nitrogens with one attached hydrogen (secondary N) is 1. The number of ether oxygens (including phenoxy) is 2. The van der Waals surface area contributed by atoms with Crippen molar-refractivity contribution in [2.24, 2.45) is 0 Å². The second-order valence-corrected chi connectivity index (χ2v) is 10.8. The van der Waals surface area contributed by atoms with E-state index >= 15 is 0 Å². The molecule has 2 aromatic rings. The molecule has 13 heteroatoms. The number of sulfonamides is 1. The Morgan fingerprint density at radius 3 is 2.69 bits per heavy atom. The van der Waals surface area contributed by atoms with E-state index in [1.807, 2.05) is 0 Å². The van der Waals surface area contributed by atoms with E-state index in [0.717, 1.165) is 19.4 Å². The second kappa shape index (κ2) is 10.3. The number of carbonyl (C=O) groups is 1. The number of thioether (sulfide) groups is 1. The molecule has 11 nitrogen and oxygen atoms in total. The summed E-state index contributed by atoms with van der Waals surface area (Å²) in [7, 11) is -3.57. The topological polar surface area (TPSA) is 129 Å². The number of hydrogen-bond donors (Lipinski definition) is 1. The maximum atomic E-state index is 12.7. The first kappa shape index (κ1) is 23.1. The molecule has 1 amide bonds. The van der Waals surface area contributed by atoms with Gasteiger partial charge in [0.15, 0.2) is 0 Å². The molecule has 3 heterocycles. The Bertz CT molecular complexity index is 1020. The summed E-state index contributed by atoms with van der Waals surface area (Å²) in [5.74, 6) is -0.231. The van der Waals surface area contributed by atoms with Crippen LogP contribution in [0, 0.1) is 0 Å².